The molecule has 1 rings (SSSR count). The zero-order valence-corrected chi connectivity index (χ0v) is 14.0. The van der Waals surface area contributed by atoms with E-state index in [1.807, 2.05) is 36.6 Å². The molecule has 0 aliphatic heterocycles. The van der Waals surface area contributed by atoms with Crippen molar-refractivity contribution in [2.75, 3.05) is 12.0 Å². The Balaban J connectivity index is 2.77. The monoisotopic (exact) mass is 337 g/mol. The lowest BCUT2D eigenvalue weighted by Crippen LogP contribution is -2.55. The molecular weight excluding hydrogens is 316 g/mol. The highest BCUT2D eigenvalue weighted by molar-refractivity contribution is 7.98. The van der Waals surface area contributed by atoms with E-state index < -0.39 is 24.0 Å². The van der Waals surface area contributed by atoms with E-state index in [-0.39, 0.29) is 18.7 Å². The minimum absolute atomic E-state index is 0.271. The number of carboxylic acids is 1. The number of carbonyl (C=O) groups is 3. The van der Waals surface area contributed by atoms with E-state index in [1.165, 1.54) is 18.7 Å². The molecule has 0 saturated heterocycles. The Morgan fingerprint density at radius 3 is 2.30 bits per heavy atom. The van der Waals surface area contributed by atoms with Crippen LogP contribution in [0.4, 0.5) is 0 Å². The van der Waals surface area contributed by atoms with Gasteiger partial charge >= 0.3 is 0 Å². The molecule has 0 aliphatic carbocycles. The smallest absolute Gasteiger partial charge is 0.243 e. The molecule has 0 aliphatic rings. The molecule has 0 unspecified atom stereocenters. The number of carbonyl (C=O) groups excluding carboxylic acids is 3. The van der Waals surface area contributed by atoms with Gasteiger partial charge in [-0.2, -0.15) is 11.8 Å². The fourth-order valence-corrected chi connectivity index (χ4v) is 2.53. The van der Waals surface area contributed by atoms with Gasteiger partial charge in [0.1, 0.15) is 6.04 Å². The predicted molar refractivity (Wildman–Crippen MR) is 87.7 cm³/mol. The van der Waals surface area contributed by atoms with Crippen molar-refractivity contribution in [1.82, 2.24) is 10.6 Å². The Hall–Kier alpha value is -2.02. The van der Waals surface area contributed by atoms with Crippen LogP contribution in [-0.2, 0) is 20.8 Å². The maximum absolute atomic E-state index is 12.3. The Morgan fingerprint density at radius 1 is 1.13 bits per heavy atom. The van der Waals surface area contributed by atoms with Crippen LogP contribution in [0.2, 0.25) is 0 Å². The molecule has 2 N–H and O–H groups in total. The van der Waals surface area contributed by atoms with Gasteiger partial charge in [0.05, 0.1) is 12.0 Å². The number of nitrogens with one attached hydrogen (secondary N) is 2. The molecule has 1 aromatic carbocycles. The van der Waals surface area contributed by atoms with Gasteiger partial charge in [-0.1, -0.05) is 30.3 Å². The molecule has 2 amide bonds. The van der Waals surface area contributed by atoms with E-state index in [1.54, 1.807) is 0 Å². The van der Waals surface area contributed by atoms with Gasteiger partial charge < -0.3 is 20.5 Å². The molecule has 0 saturated carbocycles. The van der Waals surface area contributed by atoms with E-state index >= 15 is 0 Å². The van der Waals surface area contributed by atoms with E-state index in [0.717, 1.165) is 5.56 Å². The van der Waals surface area contributed by atoms with Crippen molar-refractivity contribution in [3.63, 3.8) is 0 Å². The summed E-state index contributed by atoms with van der Waals surface area (Å²) in [5.74, 6) is -1.62. The van der Waals surface area contributed by atoms with Gasteiger partial charge in [-0.05, 0) is 24.0 Å². The van der Waals surface area contributed by atoms with E-state index in [0.29, 0.717) is 5.75 Å². The SMILES string of the molecule is CSCC[C@H](NC(=O)[C@H](Cc1ccccc1)NC(C)=O)C(=O)[O-]. The molecule has 2 atom stereocenters. The fraction of sp³-hybridized carbons (Fsp3) is 0.438. The number of aliphatic carboxylic acids is 1. The average molecular weight is 337 g/mol. The first-order valence-corrected chi connectivity index (χ1v) is 8.64. The van der Waals surface area contributed by atoms with Crippen molar-refractivity contribution in [3.8, 4) is 0 Å². The molecule has 0 fully saturated rings. The van der Waals surface area contributed by atoms with Gasteiger partial charge in [0.15, 0.2) is 0 Å². The van der Waals surface area contributed by atoms with Gasteiger partial charge in [0.2, 0.25) is 11.8 Å². The lowest BCUT2D eigenvalue weighted by molar-refractivity contribution is -0.308. The van der Waals surface area contributed by atoms with Crippen LogP contribution < -0.4 is 15.7 Å². The molecule has 0 aromatic heterocycles. The number of hydrogen-bond acceptors (Lipinski definition) is 5. The van der Waals surface area contributed by atoms with Crippen molar-refractivity contribution in [2.24, 2.45) is 0 Å². The van der Waals surface area contributed by atoms with Crippen LogP contribution in [0.5, 0.6) is 0 Å². The van der Waals surface area contributed by atoms with Crippen LogP contribution >= 0.6 is 11.8 Å². The van der Waals surface area contributed by atoms with Crippen molar-refractivity contribution in [2.45, 2.75) is 31.8 Å². The maximum Gasteiger partial charge on any atom is 0.243 e. The normalized spacial score (nSPS) is 13.0. The average Bonchev–Trinajstić information content (AvgIpc) is 2.50. The van der Waals surface area contributed by atoms with Crippen LogP contribution in [0, 0.1) is 0 Å². The third-order valence-electron chi connectivity index (χ3n) is 3.19. The predicted octanol–water partition coefficient (Wildman–Crippen LogP) is -0.278. The quantitative estimate of drug-likeness (QED) is 0.646. The summed E-state index contributed by atoms with van der Waals surface area (Å²) in [5.41, 5.74) is 0.871. The standard InChI is InChI=1S/C16H22N2O4S/c1-11(19)17-14(10-12-6-4-3-5-7-12)15(20)18-13(16(21)22)8-9-23-2/h3-7,13-14H,8-10H2,1-2H3,(H,17,19)(H,18,20)(H,21,22)/p-1/t13-,14-/m0/s1. The van der Waals surface area contributed by atoms with Crippen molar-refractivity contribution in [1.29, 1.82) is 0 Å². The molecule has 6 nitrogen and oxygen atoms in total. The Labute approximate surface area is 140 Å². The highest BCUT2D eigenvalue weighted by atomic mass is 32.2. The molecule has 126 valence electrons. The highest BCUT2D eigenvalue weighted by Crippen LogP contribution is 2.05. The highest BCUT2D eigenvalue weighted by Gasteiger charge is 2.23. The van der Waals surface area contributed by atoms with Gasteiger partial charge in [0.25, 0.3) is 0 Å². The number of carboxylic acid groups (broad SMARTS) is 1. The van der Waals surface area contributed by atoms with Gasteiger partial charge in [0, 0.05) is 13.3 Å². The summed E-state index contributed by atoms with van der Waals surface area (Å²) in [6.07, 6.45) is 2.41. The van der Waals surface area contributed by atoms with Crippen LogP contribution in [0.15, 0.2) is 30.3 Å². The van der Waals surface area contributed by atoms with Crippen LogP contribution in [0.1, 0.15) is 18.9 Å². The summed E-state index contributed by atoms with van der Waals surface area (Å²) in [6.45, 7) is 1.31. The molecule has 0 heterocycles. The van der Waals surface area contributed by atoms with Crippen LogP contribution in [-0.4, -0.2) is 41.9 Å². The summed E-state index contributed by atoms with van der Waals surface area (Å²) in [4.78, 5) is 34.8. The van der Waals surface area contributed by atoms with Crippen molar-refractivity contribution < 1.29 is 19.5 Å². The van der Waals surface area contributed by atoms with Gasteiger partial charge in [-0.3, -0.25) is 9.59 Å². The minimum atomic E-state index is -1.33. The number of rotatable bonds is 9. The minimum Gasteiger partial charge on any atom is -0.548 e. The molecule has 1 aromatic rings. The number of hydrogen-bond donors (Lipinski definition) is 2. The topological polar surface area (TPSA) is 98.3 Å². The zero-order chi connectivity index (χ0) is 17.2. The largest absolute Gasteiger partial charge is 0.548 e. The van der Waals surface area contributed by atoms with E-state index in [2.05, 4.69) is 10.6 Å². The first-order valence-electron chi connectivity index (χ1n) is 7.25. The third-order valence-corrected chi connectivity index (χ3v) is 3.83. The third kappa shape index (κ3) is 7.19. The van der Waals surface area contributed by atoms with Crippen LogP contribution in [0.3, 0.4) is 0 Å². The zero-order valence-electron chi connectivity index (χ0n) is 13.2. The summed E-state index contributed by atoms with van der Waals surface area (Å²) in [5, 5.41) is 16.1. The number of benzene rings is 1. The maximum atomic E-state index is 12.3. The Bertz CT molecular complexity index is 536. The van der Waals surface area contributed by atoms with Gasteiger partial charge in [-0.15, -0.1) is 0 Å². The fourth-order valence-electron chi connectivity index (χ4n) is 2.06. The second-order valence-electron chi connectivity index (χ2n) is 5.10. The van der Waals surface area contributed by atoms with Crippen molar-refractivity contribution in [3.05, 3.63) is 35.9 Å². The summed E-state index contributed by atoms with van der Waals surface area (Å²) in [6, 6.07) is 7.30. The van der Waals surface area contributed by atoms with E-state index in [9.17, 15) is 19.5 Å². The number of thioether (sulfide) groups is 1. The van der Waals surface area contributed by atoms with E-state index in [4.69, 9.17) is 0 Å². The number of amides is 2. The van der Waals surface area contributed by atoms with Gasteiger partial charge in [-0.25, -0.2) is 0 Å². The lowest BCUT2D eigenvalue weighted by Gasteiger charge is -2.23. The molecular formula is C16H21N2O4S-. The Morgan fingerprint density at radius 2 is 1.78 bits per heavy atom. The molecule has 7 heteroatoms. The molecule has 23 heavy (non-hydrogen) atoms. The van der Waals surface area contributed by atoms with Crippen molar-refractivity contribution >= 4 is 29.5 Å². The summed E-state index contributed by atoms with van der Waals surface area (Å²) >= 11 is 1.48. The van der Waals surface area contributed by atoms with Crippen LogP contribution in [0.25, 0.3) is 0 Å². The molecule has 0 radical (unpaired) electrons. The molecule has 0 spiro atoms. The molecule has 0 bridgehead atoms. The first-order chi connectivity index (χ1) is 10.9. The second kappa shape index (κ2) is 9.89. The Kier molecular flexibility index (Phi) is 8.18. The first kappa shape index (κ1) is 19.0. The lowest BCUT2D eigenvalue weighted by atomic mass is 10.0. The second-order valence-corrected chi connectivity index (χ2v) is 6.09. The summed E-state index contributed by atoms with van der Waals surface area (Å²) in [7, 11) is 0. The summed E-state index contributed by atoms with van der Waals surface area (Å²) < 4.78 is 0.